The zero-order valence-electron chi connectivity index (χ0n) is 18.9. The van der Waals surface area contributed by atoms with Gasteiger partial charge in [-0.2, -0.15) is 5.26 Å². The number of piperidine rings is 1. The molecule has 1 aromatic carbocycles. The van der Waals surface area contributed by atoms with E-state index in [1.807, 2.05) is 36.1 Å². The van der Waals surface area contributed by atoms with Crippen molar-refractivity contribution >= 4 is 17.7 Å². The number of hydrogen-bond donors (Lipinski definition) is 1. The Kier molecular flexibility index (Phi) is 6.78. The predicted molar refractivity (Wildman–Crippen MR) is 125 cm³/mol. The van der Waals surface area contributed by atoms with E-state index in [1.54, 1.807) is 24.5 Å². The summed E-state index contributed by atoms with van der Waals surface area (Å²) >= 11 is 0. The molecule has 0 radical (unpaired) electrons. The third kappa shape index (κ3) is 4.57. The molecule has 1 fully saturated rings. The Morgan fingerprint density at radius 1 is 1.09 bits per heavy atom. The van der Waals surface area contributed by atoms with Crippen LogP contribution in [-0.2, 0) is 4.74 Å². The Morgan fingerprint density at radius 2 is 1.85 bits per heavy atom. The van der Waals surface area contributed by atoms with E-state index in [1.165, 1.54) is 19.4 Å². The third-order valence-corrected chi connectivity index (χ3v) is 5.91. The molecule has 1 N–H and O–H groups in total. The first-order valence-electron chi connectivity index (χ1n) is 10.9. The molecule has 0 aliphatic carbocycles. The number of likely N-dealkylation sites (tertiary alicyclic amines) is 1. The normalized spacial score (nSPS) is 17.5. The number of rotatable bonds is 5. The Morgan fingerprint density at radius 3 is 2.59 bits per heavy atom. The Balaban J connectivity index is 1.60. The van der Waals surface area contributed by atoms with Crippen molar-refractivity contribution in [2.75, 3.05) is 19.0 Å². The highest BCUT2D eigenvalue weighted by Crippen LogP contribution is 2.27. The van der Waals surface area contributed by atoms with Gasteiger partial charge in [0, 0.05) is 42.8 Å². The van der Waals surface area contributed by atoms with Gasteiger partial charge >= 0.3 is 5.97 Å². The fourth-order valence-electron chi connectivity index (χ4n) is 4.13. The first kappa shape index (κ1) is 22.9. The highest BCUT2D eigenvalue weighted by molar-refractivity contribution is 6.00. The zero-order chi connectivity index (χ0) is 24.1. The van der Waals surface area contributed by atoms with Gasteiger partial charge in [-0.1, -0.05) is 18.2 Å². The molecule has 4 rings (SSSR count). The SMILES string of the molecule is COC(=O)c1c(C#N)ccnc1NC1CCC(C)N(C(=O)c2ccccc2-c2ncccn2)C1. The molecule has 9 nitrogen and oxygen atoms in total. The summed E-state index contributed by atoms with van der Waals surface area (Å²) in [6.45, 7) is 2.42. The first-order valence-corrected chi connectivity index (χ1v) is 10.9. The summed E-state index contributed by atoms with van der Waals surface area (Å²) < 4.78 is 4.85. The van der Waals surface area contributed by atoms with Crippen molar-refractivity contribution in [3.63, 3.8) is 0 Å². The van der Waals surface area contributed by atoms with E-state index in [2.05, 4.69) is 20.3 Å². The molecule has 0 saturated carbocycles. The molecule has 3 heterocycles. The van der Waals surface area contributed by atoms with Crippen LogP contribution in [0.3, 0.4) is 0 Å². The number of aromatic nitrogens is 3. The molecule has 1 aliphatic heterocycles. The van der Waals surface area contributed by atoms with Gasteiger partial charge in [0.15, 0.2) is 5.82 Å². The highest BCUT2D eigenvalue weighted by atomic mass is 16.5. The molecular weight excluding hydrogens is 432 g/mol. The van der Waals surface area contributed by atoms with Gasteiger partial charge in [0.1, 0.15) is 17.5 Å². The minimum Gasteiger partial charge on any atom is -0.465 e. The van der Waals surface area contributed by atoms with Crippen LogP contribution in [-0.4, -0.2) is 57.5 Å². The fourth-order valence-corrected chi connectivity index (χ4v) is 4.13. The lowest BCUT2D eigenvalue weighted by Crippen LogP contribution is -2.50. The number of carbonyl (C=O) groups excluding carboxylic acids is 2. The molecule has 1 aliphatic rings. The van der Waals surface area contributed by atoms with Crippen molar-refractivity contribution in [3.05, 3.63) is 71.7 Å². The summed E-state index contributed by atoms with van der Waals surface area (Å²) in [5.74, 6) is 0.0111. The maximum atomic E-state index is 13.6. The quantitative estimate of drug-likeness (QED) is 0.581. The number of carbonyl (C=O) groups is 2. The monoisotopic (exact) mass is 456 g/mol. The van der Waals surface area contributed by atoms with Crippen LogP contribution in [0, 0.1) is 11.3 Å². The maximum Gasteiger partial charge on any atom is 0.342 e. The Bertz CT molecular complexity index is 1240. The van der Waals surface area contributed by atoms with Gasteiger partial charge in [-0.05, 0) is 38.0 Å². The van der Waals surface area contributed by atoms with Crippen LogP contribution in [0.5, 0.6) is 0 Å². The van der Waals surface area contributed by atoms with Gasteiger partial charge in [0.05, 0.1) is 18.2 Å². The van der Waals surface area contributed by atoms with E-state index >= 15 is 0 Å². The van der Waals surface area contributed by atoms with Crippen molar-refractivity contribution < 1.29 is 14.3 Å². The van der Waals surface area contributed by atoms with E-state index in [0.29, 0.717) is 23.5 Å². The average molecular weight is 457 g/mol. The number of anilines is 1. The van der Waals surface area contributed by atoms with Crippen molar-refractivity contribution in [3.8, 4) is 17.5 Å². The van der Waals surface area contributed by atoms with Gasteiger partial charge in [-0.25, -0.2) is 19.7 Å². The van der Waals surface area contributed by atoms with Crippen molar-refractivity contribution in [1.29, 1.82) is 5.26 Å². The lowest BCUT2D eigenvalue weighted by atomic mass is 9.96. The second kappa shape index (κ2) is 10.1. The van der Waals surface area contributed by atoms with Gasteiger partial charge in [-0.3, -0.25) is 4.79 Å². The second-order valence-corrected chi connectivity index (χ2v) is 8.03. The summed E-state index contributed by atoms with van der Waals surface area (Å²) in [6.07, 6.45) is 6.30. The number of benzene rings is 1. The molecule has 34 heavy (non-hydrogen) atoms. The fraction of sp³-hybridized carbons (Fsp3) is 0.280. The lowest BCUT2D eigenvalue weighted by molar-refractivity contribution is 0.0594. The maximum absolute atomic E-state index is 13.6. The minimum atomic E-state index is -0.638. The minimum absolute atomic E-state index is 0.0220. The molecule has 172 valence electrons. The molecule has 0 bridgehead atoms. The van der Waals surface area contributed by atoms with E-state index < -0.39 is 5.97 Å². The summed E-state index contributed by atoms with van der Waals surface area (Å²) in [4.78, 5) is 40.6. The molecule has 9 heteroatoms. The topological polar surface area (TPSA) is 121 Å². The molecule has 1 saturated heterocycles. The average Bonchev–Trinajstić information content (AvgIpc) is 2.89. The number of nitriles is 1. The summed E-state index contributed by atoms with van der Waals surface area (Å²) in [6, 6.07) is 12.4. The van der Waals surface area contributed by atoms with Crippen LogP contribution >= 0.6 is 0 Å². The van der Waals surface area contributed by atoms with Crippen LogP contribution in [0.2, 0.25) is 0 Å². The van der Waals surface area contributed by atoms with Crippen LogP contribution in [0.1, 0.15) is 46.0 Å². The first-order chi connectivity index (χ1) is 16.5. The number of ether oxygens (including phenoxy) is 1. The largest absolute Gasteiger partial charge is 0.465 e. The standard InChI is InChI=1S/C25H24N6O3/c1-16-8-9-18(30-23-21(25(33)34-2)17(14-26)10-13-29-23)15-31(16)24(32)20-7-4-3-6-19(20)22-27-11-5-12-28-22/h3-7,10-13,16,18H,8-9,15H2,1-2H3,(H,29,30). The molecule has 0 spiro atoms. The van der Waals surface area contributed by atoms with E-state index in [-0.39, 0.29) is 34.9 Å². The molecule has 3 aromatic rings. The molecular formula is C25H24N6O3. The van der Waals surface area contributed by atoms with Crippen LogP contribution in [0.25, 0.3) is 11.4 Å². The zero-order valence-corrected chi connectivity index (χ0v) is 18.9. The van der Waals surface area contributed by atoms with E-state index in [0.717, 1.165) is 12.8 Å². The van der Waals surface area contributed by atoms with E-state index in [9.17, 15) is 14.9 Å². The highest BCUT2D eigenvalue weighted by Gasteiger charge is 2.32. The predicted octanol–water partition coefficient (Wildman–Crippen LogP) is 3.30. The lowest BCUT2D eigenvalue weighted by Gasteiger charge is -2.39. The number of esters is 1. The molecule has 2 unspecified atom stereocenters. The molecule has 2 aromatic heterocycles. The van der Waals surface area contributed by atoms with Gasteiger partial charge in [-0.15, -0.1) is 0 Å². The number of pyridine rings is 1. The van der Waals surface area contributed by atoms with Crippen molar-refractivity contribution in [1.82, 2.24) is 19.9 Å². The smallest absolute Gasteiger partial charge is 0.342 e. The van der Waals surface area contributed by atoms with Crippen molar-refractivity contribution in [2.45, 2.75) is 31.8 Å². The number of nitrogens with zero attached hydrogens (tertiary/aromatic N) is 5. The number of amides is 1. The Hall–Kier alpha value is -4.32. The van der Waals surface area contributed by atoms with Crippen LogP contribution in [0.4, 0.5) is 5.82 Å². The number of nitrogens with one attached hydrogen (secondary N) is 1. The summed E-state index contributed by atoms with van der Waals surface area (Å²) in [5, 5.41) is 12.7. The van der Waals surface area contributed by atoms with Crippen LogP contribution < -0.4 is 5.32 Å². The number of hydrogen-bond acceptors (Lipinski definition) is 8. The Labute approximate surface area is 197 Å². The molecule has 1 amide bonds. The third-order valence-electron chi connectivity index (χ3n) is 5.91. The van der Waals surface area contributed by atoms with Gasteiger partial charge in [0.2, 0.25) is 0 Å². The summed E-state index contributed by atoms with van der Waals surface area (Å²) in [5.41, 5.74) is 1.47. The van der Waals surface area contributed by atoms with Crippen molar-refractivity contribution in [2.24, 2.45) is 0 Å². The number of methoxy groups -OCH3 is 1. The van der Waals surface area contributed by atoms with Crippen LogP contribution in [0.15, 0.2) is 55.0 Å². The summed E-state index contributed by atoms with van der Waals surface area (Å²) in [7, 11) is 1.26. The second-order valence-electron chi connectivity index (χ2n) is 8.03. The molecule has 2 atom stereocenters. The van der Waals surface area contributed by atoms with Gasteiger partial charge < -0.3 is 15.0 Å². The van der Waals surface area contributed by atoms with E-state index in [4.69, 9.17) is 4.74 Å². The van der Waals surface area contributed by atoms with Gasteiger partial charge in [0.25, 0.3) is 5.91 Å².